The molecule has 2 heterocycles. The molecular formula is C22H21N3O4S. The molecule has 0 atom stereocenters. The lowest BCUT2D eigenvalue weighted by molar-refractivity contribution is -0.116. The number of aryl methyl sites for hydroxylation is 1. The van der Waals surface area contributed by atoms with Crippen LogP contribution in [0.15, 0.2) is 63.1 Å². The van der Waals surface area contributed by atoms with E-state index in [0.29, 0.717) is 22.8 Å². The summed E-state index contributed by atoms with van der Waals surface area (Å²) in [5, 5.41) is 5.21. The van der Waals surface area contributed by atoms with Gasteiger partial charge in [0.05, 0.1) is 17.8 Å². The van der Waals surface area contributed by atoms with Crippen molar-refractivity contribution in [1.82, 2.24) is 9.55 Å². The van der Waals surface area contributed by atoms with Crippen LogP contribution in [-0.4, -0.2) is 22.1 Å². The molecule has 0 radical (unpaired) electrons. The first-order chi connectivity index (χ1) is 14.6. The Kier molecular flexibility index (Phi) is 5.94. The minimum Gasteiger partial charge on any atom is -0.494 e. The number of aromatic nitrogens is 2. The van der Waals surface area contributed by atoms with E-state index < -0.39 is 5.76 Å². The average Bonchev–Trinajstić information content (AvgIpc) is 3.34. The Balaban J connectivity index is 1.37. The predicted molar refractivity (Wildman–Crippen MR) is 117 cm³/mol. The van der Waals surface area contributed by atoms with Crippen LogP contribution in [0, 0.1) is 0 Å². The summed E-state index contributed by atoms with van der Waals surface area (Å²) in [4.78, 5) is 28.8. The lowest BCUT2D eigenvalue weighted by Crippen LogP contribution is -2.19. The molecule has 8 heteroatoms. The van der Waals surface area contributed by atoms with Gasteiger partial charge in [-0.3, -0.25) is 9.36 Å². The van der Waals surface area contributed by atoms with Gasteiger partial charge in [-0.25, -0.2) is 9.78 Å². The number of carbonyl (C=O) groups excluding carboxylic acids is 1. The van der Waals surface area contributed by atoms with Gasteiger partial charge in [0.15, 0.2) is 10.7 Å². The van der Waals surface area contributed by atoms with Crippen molar-refractivity contribution in [2.45, 2.75) is 26.3 Å². The number of ether oxygens (including phenoxy) is 1. The molecular weight excluding hydrogens is 402 g/mol. The summed E-state index contributed by atoms with van der Waals surface area (Å²) in [5.74, 6) is 0.148. The highest BCUT2D eigenvalue weighted by molar-refractivity contribution is 7.14. The van der Waals surface area contributed by atoms with Gasteiger partial charge in [-0.2, -0.15) is 0 Å². The Hall–Kier alpha value is -3.39. The molecule has 0 fully saturated rings. The number of amides is 1. The summed E-state index contributed by atoms with van der Waals surface area (Å²) in [5.41, 5.74) is 2.93. The lowest BCUT2D eigenvalue weighted by Gasteiger charge is -2.05. The maximum Gasteiger partial charge on any atom is 0.419 e. The highest BCUT2D eigenvalue weighted by Gasteiger charge is 2.12. The Morgan fingerprint density at radius 1 is 1.20 bits per heavy atom. The second kappa shape index (κ2) is 8.96. The Bertz CT molecular complexity index is 1210. The average molecular weight is 423 g/mol. The van der Waals surface area contributed by atoms with Crippen molar-refractivity contribution in [3.63, 3.8) is 0 Å². The fourth-order valence-electron chi connectivity index (χ4n) is 3.03. The van der Waals surface area contributed by atoms with Gasteiger partial charge in [0.1, 0.15) is 5.75 Å². The monoisotopic (exact) mass is 423 g/mol. The van der Waals surface area contributed by atoms with E-state index in [9.17, 15) is 9.59 Å². The van der Waals surface area contributed by atoms with E-state index in [0.717, 1.165) is 23.4 Å². The van der Waals surface area contributed by atoms with Crippen molar-refractivity contribution in [3.05, 3.63) is 64.5 Å². The quantitative estimate of drug-likeness (QED) is 0.450. The normalized spacial score (nSPS) is 11.0. The van der Waals surface area contributed by atoms with Crippen LogP contribution in [-0.2, 0) is 11.3 Å². The van der Waals surface area contributed by atoms with Gasteiger partial charge < -0.3 is 14.5 Å². The SMILES string of the molecule is CCCOc1ccc(-c2csc(NC(=O)CCn3c(=O)oc4ccccc43)n2)cc1. The van der Waals surface area contributed by atoms with Gasteiger partial charge in [-0.15, -0.1) is 11.3 Å². The molecule has 0 aliphatic rings. The smallest absolute Gasteiger partial charge is 0.419 e. The van der Waals surface area contributed by atoms with E-state index in [2.05, 4.69) is 17.2 Å². The summed E-state index contributed by atoms with van der Waals surface area (Å²) < 4.78 is 12.2. The number of hydrogen-bond donors (Lipinski definition) is 1. The zero-order valence-electron chi connectivity index (χ0n) is 16.5. The maximum absolute atomic E-state index is 12.3. The molecule has 0 aliphatic carbocycles. The molecule has 0 saturated heterocycles. The molecule has 4 rings (SSSR count). The first-order valence-corrected chi connectivity index (χ1v) is 10.6. The second-order valence-corrected chi connectivity index (χ2v) is 7.55. The summed E-state index contributed by atoms with van der Waals surface area (Å²) in [6.07, 6.45) is 1.10. The van der Waals surface area contributed by atoms with Crippen molar-refractivity contribution in [3.8, 4) is 17.0 Å². The van der Waals surface area contributed by atoms with Crippen LogP contribution >= 0.6 is 11.3 Å². The second-order valence-electron chi connectivity index (χ2n) is 6.70. The van der Waals surface area contributed by atoms with Gasteiger partial charge in [-0.1, -0.05) is 19.1 Å². The van der Waals surface area contributed by atoms with Gasteiger partial charge >= 0.3 is 5.76 Å². The van der Waals surface area contributed by atoms with Crippen molar-refractivity contribution < 1.29 is 13.9 Å². The summed E-state index contributed by atoms with van der Waals surface area (Å²) in [7, 11) is 0. The van der Waals surface area contributed by atoms with Crippen molar-refractivity contribution in [2.75, 3.05) is 11.9 Å². The van der Waals surface area contributed by atoms with Gasteiger partial charge in [-0.05, 0) is 42.8 Å². The lowest BCUT2D eigenvalue weighted by atomic mass is 10.2. The number of hydrogen-bond acceptors (Lipinski definition) is 6. The van der Waals surface area contributed by atoms with Crippen LogP contribution in [0.25, 0.3) is 22.4 Å². The molecule has 2 aromatic carbocycles. The molecule has 0 bridgehead atoms. The molecule has 30 heavy (non-hydrogen) atoms. The van der Waals surface area contributed by atoms with E-state index in [4.69, 9.17) is 9.15 Å². The number of fused-ring (bicyclic) bond motifs is 1. The zero-order valence-corrected chi connectivity index (χ0v) is 17.3. The van der Waals surface area contributed by atoms with Crippen LogP contribution in [0.5, 0.6) is 5.75 Å². The van der Waals surface area contributed by atoms with E-state index in [1.807, 2.05) is 35.7 Å². The van der Waals surface area contributed by atoms with Crippen molar-refractivity contribution >= 4 is 33.5 Å². The summed E-state index contributed by atoms with van der Waals surface area (Å²) in [6, 6.07) is 14.9. The largest absolute Gasteiger partial charge is 0.494 e. The number of para-hydroxylation sites is 2. The molecule has 0 spiro atoms. The van der Waals surface area contributed by atoms with Crippen LogP contribution in [0.1, 0.15) is 19.8 Å². The molecule has 4 aromatic rings. The third-order valence-electron chi connectivity index (χ3n) is 4.51. The van der Waals surface area contributed by atoms with Gasteiger partial charge in [0.2, 0.25) is 5.91 Å². The molecule has 7 nitrogen and oxygen atoms in total. The van der Waals surface area contributed by atoms with Crippen molar-refractivity contribution in [2.24, 2.45) is 0 Å². The Morgan fingerprint density at radius 3 is 2.80 bits per heavy atom. The fourth-order valence-corrected chi connectivity index (χ4v) is 3.76. The number of benzene rings is 2. The first kappa shape index (κ1) is 19.9. The van der Waals surface area contributed by atoms with Crippen LogP contribution < -0.4 is 15.8 Å². The van der Waals surface area contributed by atoms with Crippen LogP contribution in [0.2, 0.25) is 0 Å². The summed E-state index contributed by atoms with van der Waals surface area (Å²) >= 11 is 1.36. The maximum atomic E-state index is 12.3. The predicted octanol–water partition coefficient (Wildman–Crippen LogP) is 4.54. The Labute approximate surface area is 176 Å². The van der Waals surface area contributed by atoms with Gasteiger partial charge in [0, 0.05) is 23.9 Å². The molecule has 1 amide bonds. The fraction of sp³-hybridized carbons (Fsp3) is 0.227. The molecule has 0 unspecified atom stereocenters. The molecule has 1 N–H and O–H groups in total. The van der Waals surface area contributed by atoms with E-state index in [1.54, 1.807) is 18.2 Å². The highest BCUT2D eigenvalue weighted by Crippen LogP contribution is 2.26. The number of thiazole rings is 1. The topological polar surface area (TPSA) is 86.4 Å². The van der Waals surface area contributed by atoms with E-state index in [-0.39, 0.29) is 18.9 Å². The standard InChI is InChI=1S/C22H21N3O4S/c1-2-13-28-16-9-7-15(8-10-16)17-14-30-21(23-17)24-20(26)11-12-25-18-5-3-4-6-19(18)29-22(25)27/h3-10,14H,2,11-13H2,1H3,(H,23,24,26). The number of rotatable bonds is 8. The molecule has 0 aliphatic heterocycles. The minimum atomic E-state index is -0.466. The molecule has 0 saturated carbocycles. The van der Waals surface area contributed by atoms with Crippen LogP contribution in [0.4, 0.5) is 5.13 Å². The number of nitrogens with one attached hydrogen (secondary N) is 1. The Morgan fingerprint density at radius 2 is 2.00 bits per heavy atom. The minimum absolute atomic E-state index is 0.141. The third-order valence-corrected chi connectivity index (χ3v) is 5.27. The van der Waals surface area contributed by atoms with Crippen LogP contribution in [0.3, 0.4) is 0 Å². The summed E-state index contributed by atoms with van der Waals surface area (Å²) in [6.45, 7) is 2.99. The van der Waals surface area contributed by atoms with E-state index in [1.165, 1.54) is 15.9 Å². The van der Waals surface area contributed by atoms with E-state index >= 15 is 0 Å². The number of oxazole rings is 1. The third kappa shape index (κ3) is 4.44. The zero-order chi connectivity index (χ0) is 20.9. The van der Waals surface area contributed by atoms with Crippen molar-refractivity contribution in [1.29, 1.82) is 0 Å². The van der Waals surface area contributed by atoms with Gasteiger partial charge in [0.25, 0.3) is 0 Å². The molecule has 154 valence electrons. The highest BCUT2D eigenvalue weighted by atomic mass is 32.1. The number of carbonyl (C=O) groups is 1. The molecule has 2 aromatic heterocycles. The number of anilines is 1. The number of nitrogens with zero attached hydrogens (tertiary/aromatic N) is 2. The first-order valence-electron chi connectivity index (χ1n) is 9.71.